The lowest BCUT2D eigenvalue weighted by Crippen LogP contribution is -2.39. The van der Waals surface area contributed by atoms with E-state index in [1.807, 2.05) is 11.0 Å². The van der Waals surface area contributed by atoms with Crippen LogP contribution in [0.25, 0.3) is 0 Å². The third-order valence-corrected chi connectivity index (χ3v) is 4.80. The molecule has 3 atom stereocenters. The van der Waals surface area contributed by atoms with E-state index >= 15 is 0 Å². The summed E-state index contributed by atoms with van der Waals surface area (Å²) in [4.78, 5) is 18.0. The monoisotopic (exact) mass is 295 g/mol. The molecular weight excluding hydrogens is 270 g/mol. The quantitative estimate of drug-likeness (QED) is 0.875. The summed E-state index contributed by atoms with van der Waals surface area (Å²) in [6, 6.07) is 4.37. The Morgan fingerprint density at radius 2 is 2.25 bits per heavy atom. The average Bonchev–Trinajstić information content (AvgIpc) is 3.03. The first-order valence-electron chi connectivity index (χ1n) is 7.31. The van der Waals surface area contributed by atoms with E-state index in [0.717, 1.165) is 19.4 Å². The Kier molecular flexibility index (Phi) is 5.18. The molecule has 1 N–H and O–H groups in total. The van der Waals surface area contributed by atoms with Crippen molar-refractivity contribution < 1.29 is 4.79 Å². The van der Waals surface area contributed by atoms with Crippen LogP contribution in [0.3, 0.4) is 0 Å². The van der Waals surface area contributed by atoms with Crippen LogP contribution >= 0.6 is 11.3 Å². The highest BCUT2D eigenvalue weighted by molar-refractivity contribution is 7.10. The van der Waals surface area contributed by atoms with Gasteiger partial charge in [-0.2, -0.15) is 0 Å². The van der Waals surface area contributed by atoms with E-state index in [2.05, 4.69) is 49.6 Å². The fourth-order valence-electron chi connectivity index (χ4n) is 2.66. The third kappa shape index (κ3) is 3.22. The predicted octanol–water partition coefficient (Wildman–Crippen LogP) is 2.30. The zero-order valence-corrected chi connectivity index (χ0v) is 13.6. The smallest absolute Gasteiger partial charge is 0.241 e. The second kappa shape index (κ2) is 6.70. The molecule has 1 aromatic rings. The molecule has 3 unspecified atom stereocenters. The molecule has 0 saturated carbocycles. The molecule has 2 heterocycles. The number of nitrogens with zero attached hydrogens (tertiary/aromatic N) is 2. The number of rotatable bonds is 6. The summed E-state index contributed by atoms with van der Waals surface area (Å²) in [7, 11) is 4.14. The summed E-state index contributed by atoms with van der Waals surface area (Å²) >= 11 is 1.71. The second-order valence-electron chi connectivity index (χ2n) is 5.73. The summed E-state index contributed by atoms with van der Waals surface area (Å²) in [6.07, 6.45) is 1.89. The lowest BCUT2D eigenvalue weighted by atomic mass is 10.1. The van der Waals surface area contributed by atoms with Crippen LogP contribution in [0.15, 0.2) is 17.5 Å². The number of thiophene rings is 1. The summed E-state index contributed by atoms with van der Waals surface area (Å²) in [5, 5.41) is 5.56. The van der Waals surface area contributed by atoms with Gasteiger partial charge in [0.05, 0.1) is 6.04 Å². The summed E-state index contributed by atoms with van der Waals surface area (Å²) in [5.41, 5.74) is 0. The standard InChI is InChI=1S/C15H25N3OS/c1-5-12-15(19)18(11(2)8-9-17(3)4)14(16-12)13-7-6-10-20-13/h6-7,10-12,14,16H,5,8-9H2,1-4H3. The van der Waals surface area contributed by atoms with Crippen molar-refractivity contribution in [1.82, 2.24) is 15.1 Å². The average molecular weight is 295 g/mol. The van der Waals surface area contributed by atoms with Crippen molar-refractivity contribution in [2.45, 2.75) is 44.9 Å². The first kappa shape index (κ1) is 15.5. The molecule has 0 bridgehead atoms. The van der Waals surface area contributed by atoms with Crippen molar-refractivity contribution in [3.05, 3.63) is 22.4 Å². The predicted molar refractivity (Wildman–Crippen MR) is 83.8 cm³/mol. The Morgan fingerprint density at radius 1 is 1.50 bits per heavy atom. The zero-order chi connectivity index (χ0) is 14.7. The first-order valence-corrected chi connectivity index (χ1v) is 8.19. The van der Waals surface area contributed by atoms with Crippen LogP contribution in [0.4, 0.5) is 0 Å². The highest BCUT2D eigenvalue weighted by atomic mass is 32.1. The number of hydrogen-bond acceptors (Lipinski definition) is 4. The first-order chi connectivity index (χ1) is 9.54. The van der Waals surface area contributed by atoms with Gasteiger partial charge in [0.25, 0.3) is 0 Å². The molecule has 0 radical (unpaired) electrons. The number of carbonyl (C=O) groups excluding carboxylic acids is 1. The molecule has 0 spiro atoms. The van der Waals surface area contributed by atoms with Crippen LogP contribution in [0.1, 0.15) is 37.7 Å². The number of amides is 1. The van der Waals surface area contributed by atoms with Crippen LogP contribution in [0, 0.1) is 0 Å². The summed E-state index contributed by atoms with van der Waals surface area (Å²) in [5.74, 6) is 0.247. The van der Waals surface area contributed by atoms with Crippen molar-refractivity contribution in [2.75, 3.05) is 20.6 Å². The topological polar surface area (TPSA) is 35.6 Å². The van der Waals surface area contributed by atoms with Crippen LogP contribution in [0.5, 0.6) is 0 Å². The second-order valence-corrected chi connectivity index (χ2v) is 6.71. The van der Waals surface area contributed by atoms with Crippen molar-refractivity contribution >= 4 is 17.2 Å². The van der Waals surface area contributed by atoms with Gasteiger partial charge in [0.15, 0.2) is 0 Å². The molecule has 1 aromatic heterocycles. The molecule has 112 valence electrons. The Bertz CT molecular complexity index is 432. The van der Waals surface area contributed by atoms with Gasteiger partial charge < -0.3 is 9.80 Å². The van der Waals surface area contributed by atoms with E-state index in [-0.39, 0.29) is 24.2 Å². The SMILES string of the molecule is CCC1NC(c2cccs2)N(C(C)CCN(C)C)C1=O. The molecule has 2 rings (SSSR count). The molecule has 1 aliphatic rings. The molecule has 1 saturated heterocycles. The number of hydrogen-bond donors (Lipinski definition) is 1. The Morgan fingerprint density at radius 3 is 2.80 bits per heavy atom. The van der Waals surface area contributed by atoms with Crippen LogP contribution in [0.2, 0.25) is 0 Å². The normalized spacial score (nSPS) is 24.6. The third-order valence-electron chi connectivity index (χ3n) is 3.88. The van der Waals surface area contributed by atoms with E-state index in [0.29, 0.717) is 0 Å². The highest BCUT2D eigenvalue weighted by Gasteiger charge is 2.41. The maximum absolute atomic E-state index is 12.6. The van der Waals surface area contributed by atoms with Gasteiger partial charge in [0, 0.05) is 10.9 Å². The van der Waals surface area contributed by atoms with E-state index in [1.54, 1.807) is 11.3 Å². The lowest BCUT2D eigenvalue weighted by molar-refractivity contribution is -0.132. The lowest BCUT2D eigenvalue weighted by Gasteiger charge is -2.30. The maximum Gasteiger partial charge on any atom is 0.241 e. The van der Waals surface area contributed by atoms with Crippen molar-refractivity contribution in [3.63, 3.8) is 0 Å². The van der Waals surface area contributed by atoms with E-state index < -0.39 is 0 Å². The Balaban J connectivity index is 2.14. The maximum atomic E-state index is 12.6. The molecule has 1 aliphatic heterocycles. The van der Waals surface area contributed by atoms with Crippen molar-refractivity contribution in [3.8, 4) is 0 Å². The minimum absolute atomic E-state index is 0.0380. The molecular formula is C15H25N3OS. The van der Waals surface area contributed by atoms with Crippen LogP contribution in [-0.4, -0.2) is 48.4 Å². The van der Waals surface area contributed by atoms with Gasteiger partial charge in [0.1, 0.15) is 6.17 Å². The number of nitrogens with one attached hydrogen (secondary N) is 1. The molecule has 0 aromatic carbocycles. The largest absolute Gasteiger partial charge is 0.318 e. The van der Waals surface area contributed by atoms with E-state index in [1.165, 1.54) is 4.88 Å². The van der Waals surface area contributed by atoms with Gasteiger partial charge in [-0.15, -0.1) is 11.3 Å². The Labute approximate surface area is 125 Å². The van der Waals surface area contributed by atoms with E-state index in [9.17, 15) is 4.79 Å². The molecule has 1 amide bonds. The molecule has 4 nitrogen and oxygen atoms in total. The van der Waals surface area contributed by atoms with Gasteiger partial charge >= 0.3 is 0 Å². The van der Waals surface area contributed by atoms with Crippen molar-refractivity contribution in [1.29, 1.82) is 0 Å². The van der Waals surface area contributed by atoms with Gasteiger partial charge in [-0.3, -0.25) is 10.1 Å². The number of carbonyl (C=O) groups is 1. The highest BCUT2D eigenvalue weighted by Crippen LogP contribution is 2.31. The van der Waals surface area contributed by atoms with E-state index in [4.69, 9.17) is 0 Å². The molecule has 20 heavy (non-hydrogen) atoms. The van der Waals surface area contributed by atoms with Gasteiger partial charge in [0.2, 0.25) is 5.91 Å². The minimum atomic E-state index is -0.0380. The Hall–Kier alpha value is -0.910. The zero-order valence-electron chi connectivity index (χ0n) is 12.8. The molecule has 1 fully saturated rings. The van der Waals surface area contributed by atoms with Crippen LogP contribution < -0.4 is 5.32 Å². The summed E-state index contributed by atoms with van der Waals surface area (Å²) in [6.45, 7) is 5.22. The summed E-state index contributed by atoms with van der Waals surface area (Å²) < 4.78 is 0. The fraction of sp³-hybridized carbons (Fsp3) is 0.667. The van der Waals surface area contributed by atoms with Crippen LogP contribution in [-0.2, 0) is 4.79 Å². The van der Waals surface area contributed by atoms with Gasteiger partial charge in [-0.05, 0) is 51.9 Å². The molecule has 5 heteroatoms. The van der Waals surface area contributed by atoms with Gasteiger partial charge in [-0.1, -0.05) is 13.0 Å². The van der Waals surface area contributed by atoms with Crippen molar-refractivity contribution in [2.24, 2.45) is 0 Å². The van der Waals surface area contributed by atoms with Gasteiger partial charge in [-0.25, -0.2) is 0 Å². The fourth-order valence-corrected chi connectivity index (χ4v) is 3.45. The molecule has 0 aliphatic carbocycles. The minimum Gasteiger partial charge on any atom is -0.318 e.